The van der Waals surface area contributed by atoms with E-state index in [-0.39, 0.29) is 0 Å². The molecular formula is C14H20Br2N2O. The minimum atomic E-state index is 0.782. The lowest BCUT2D eigenvalue weighted by molar-refractivity contribution is 0.180. The first-order valence-electron chi connectivity index (χ1n) is 7.11. The topological polar surface area (TPSA) is 28.4 Å². The zero-order valence-electron chi connectivity index (χ0n) is 11.0. The standard InChI is InChI=1S/C14H20Br2N2O/c15-13-6-12(19-14(13)16)9-18(11-3-4-11)8-10-2-1-5-17-7-10/h6,10-11,17H,1-5,7-9H2. The van der Waals surface area contributed by atoms with Crippen molar-refractivity contribution in [2.75, 3.05) is 19.6 Å². The number of rotatable bonds is 5. The maximum atomic E-state index is 5.72. The van der Waals surface area contributed by atoms with Gasteiger partial charge in [0.1, 0.15) is 5.76 Å². The minimum Gasteiger partial charge on any atom is -0.452 e. The second-order valence-corrected chi connectivity index (χ2v) is 7.28. The average molecular weight is 392 g/mol. The quantitative estimate of drug-likeness (QED) is 0.827. The Kier molecular flexibility index (Phi) is 4.67. The Morgan fingerprint density at radius 3 is 2.74 bits per heavy atom. The van der Waals surface area contributed by atoms with Crippen LogP contribution in [0.15, 0.2) is 19.6 Å². The number of hydrogen-bond acceptors (Lipinski definition) is 3. The molecule has 3 rings (SSSR count). The van der Waals surface area contributed by atoms with Crippen LogP contribution in [0, 0.1) is 5.92 Å². The van der Waals surface area contributed by atoms with Gasteiger partial charge >= 0.3 is 0 Å². The molecule has 3 nitrogen and oxygen atoms in total. The molecule has 1 aromatic rings. The first kappa shape index (κ1) is 14.1. The van der Waals surface area contributed by atoms with Crippen LogP contribution in [0.5, 0.6) is 0 Å². The highest BCUT2D eigenvalue weighted by Crippen LogP contribution is 2.32. The average Bonchev–Trinajstić information content (AvgIpc) is 3.18. The van der Waals surface area contributed by atoms with Crippen LogP contribution in [0.2, 0.25) is 0 Å². The van der Waals surface area contributed by atoms with Gasteiger partial charge in [0.05, 0.1) is 11.0 Å². The van der Waals surface area contributed by atoms with Gasteiger partial charge in [0.2, 0.25) is 0 Å². The summed E-state index contributed by atoms with van der Waals surface area (Å²) < 4.78 is 7.54. The Balaban J connectivity index is 1.60. The van der Waals surface area contributed by atoms with E-state index in [1.807, 2.05) is 0 Å². The van der Waals surface area contributed by atoms with Gasteiger partial charge in [-0.2, -0.15) is 0 Å². The number of halogens is 2. The van der Waals surface area contributed by atoms with Crippen molar-refractivity contribution in [3.8, 4) is 0 Å². The Morgan fingerprint density at radius 2 is 2.16 bits per heavy atom. The van der Waals surface area contributed by atoms with Gasteiger partial charge in [-0.3, -0.25) is 4.90 Å². The largest absolute Gasteiger partial charge is 0.452 e. The van der Waals surface area contributed by atoms with Crippen LogP contribution in [0.25, 0.3) is 0 Å². The molecule has 5 heteroatoms. The fourth-order valence-electron chi connectivity index (χ4n) is 2.86. The molecule has 19 heavy (non-hydrogen) atoms. The zero-order chi connectivity index (χ0) is 13.2. The molecule has 1 N–H and O–H groups in total. The van der Waals surface area contributed by atoms with E-state index >= 15 is 0 Å². The van der Waals surface area contributed by atoms with E-state index in [1.54, 1.807) is 0 Å². The van der Waals surface area contributed by atoms with Crippen molar-refractivity contribution >= 4 is 31.9 Å². The monoisotopic (exact) mass is 390 g/mol. The van der Waals surface area contributed by atoms with Gasteiger partial charge in [0.15, 0.2) is 4.67 Å². The molecule has 2 aliphatic rings. The van der Waals surface area contributed by atoms with Crippen LogP contribution in [0.1, 0.15) is 31.4 Å². The summed E-state index contributed by atoms with van der Waals surface area (Å²) in [5.74, 6) is 1.85. The molecule has 1 saturated heterocycles. The highest BCUT2D eigenvalue weighted by atomic mass is 79.9. The van der Waals surface area contributed by atoms with Crippen LogP contribution in [0.3, 0.4) is 0 Å². The summed E-state index contributed by atoms with van der Waals surface area (Å²) in [6.07, 6.45) is 5.38. The third kappa shape index (κ3) is 3.84. The van der Waals surface area contributed by atoms with Crippen LogP contribution in [-0.4, -0.2) is 30.6 Å². The van der Waals surface area contributed by atoms with Crippen LogP contribution in [0.4, 0.5) is 0 Å². The summed E-state index contributed by atoms with van der Waals surface area (Å²) >= 11 is 6.90. The molecule has 1 aromatic heterocycles. The van der Waals surface area contributed by atoms with Gasteiger partial charge in [0, 0.05) is 12.6 Å². The molecular weight excluding hydrogens is 372 g/mol. The van der Waals surface area contributed by atoms with Crippen molar-refractivity contribution in [2.24, 2.45) is 5.92 Å². The number of nitrogens with zero attached hydrogens (tertiary/aromatic N) is 1. The summed E-state index contributed by atoms with van der Waals surface area (Å²) in [5.41, 5.74) is 0. The van der Waals surface area contributed by atoms with Gasteiger partial charge < -0.3 is 9.73 Å². The summed E-state index contributed by atoms with van der Waals surface area (Å²) in [4.78, 5) is 2.61. The van der Waals surface area contributed by atoms with Gasteiger partial charge in [-0.1, -0.05) is 0 Å². The van der Waals surface area contributed by atoms with E-state index in [9.17, 15) is 0 Å². The molecule has 106 valence electrons. The number of nitrogens with one attached hydrogen (secondary N) is 1. The molecule has 0 aromatic carbocycles. The first-order chi connectivity index (χ1) is 9.22. The smallest absolute Gasteiger partial charge is 0.183 e. The first-order valence-corrected chi connectivity index (χ1v) is 8.69. The summed E-state index contributed by atoms with van der Waals surface area (Å²) in [5, 5.41) is 3.51. The summed E-state index contributed by atoms with van der Waals surface area (Å²) in [6.45, 7) is 4.51. The van der Waals surface area contributed by atoms with Crippen LogP contribution < -0.4 is 5.32 Å². The number of piperidine rings is 1. The van der Waals surface area contributed by atoms with E-state index in [0.29, 0.717) is 0 Å². The maximum Gasteiger partial charge on any atom is 0.183 e. The Bertz CT molecular complexity index is 406. The van der Waals surface area contributed by atoms with Gasteiger partial charge in [-0.25, -0.2) is 0 Å². The van der Waals surface area contributed by atoms with E-state index in [0.717, 1.165) is 33.4 Å². The second kappa shape index (κ2) is 6.29. The third-order valence-electron chi connectivity index (χ3n) is 4.01. The zero-order valence-corrected chi connectivity index (χ0v) is 14.2. The van der Waals surface area contributed by atoms with Crippen LogP contribution >= 0.6 is 31.9 Å². The van der Waals surface area contributed by atoms with E-state index in [1.165, 1.54) is 45.3 Å². The number of hydrogen-bond donors (Lipinski definition) is 1. The number of furan rings is 1. The summed E-state index contributed by atoms with van der Waals surface area (Å²) in [7, 11) is 0. The fraction of sp³-hybridized carbons (Fsp3) is 0.714. The predicted molar refractivity (Wildman–Crippen MR) is 83.1 cm³/mol. The molecule has 0 spiro atoms. The molecule has 2 fully saturated rings. The lowest BCUT2D eigenvalue weighted by Gasteiger charge is -2.29. The molecule has 0 amide bonds. The Hall–Kier alpha value is 0.160. The lowest BCUT2D eigenvalue weighted by Crippen LogP contribution is -2.38. The van der Waals surface area contributed by atoms with E-state index < -0.39 is 0 Å². The second-order valence-electron chi connectivity index (χ2n) is 5.71. The van der Waals surface area contributed by atoms with Crippen LogP contribution in [-0.2, 0) is 6.54 Å². The van der Waals surface area contributed by atoms with Gasteiger partial charge in [0.25, 0.3) is 0 Å². The SMILES string of the molecule is Brc1cc(CN(CC2CCCNC2)C2CC2)oc1Br. The Labute approximate surface area is 131 Å². The molecule has 1 saturated carbocycles. The molecule has 2 heterocycles. The maximum absolute atomic E-state index is 5.72. The molecule has 1 aliphatic heterocycles. The molecule has 0 bridgehead atoms. The molecule has 0 radical (unpaired) electrons. The molecule has 1 aliphatic carbocycles. The van der Waals surface area contributed by atoms with Crippen molar-refractivity contribution in [1.29, 1.82) is 0 Å². The Morgan fingerprint density at radius 1 is 1.32 bits per heavy atom. The van der Waals surface area contributed by atoms with Crippen molar-refractivity contribution < 1.29 is 4.42 Å². The third-order valence-corrected chi connectivity index (χ3v) is 5.72. The summed E-state index contributed by atoms with van der Waals surface area (Å²) in [6, 6.07) is 2.86. The van der Waals surface area contributed by atoms with Crippen molar-refractivity contribution in [1.82, 2.24) is 10.2 Å². The highest BCUT2D eigenvalue weighted by Gasteiger charge is 2.31. The van der Waals surface area contributed by atoms with Gasteiger partial charge in [-0.05, 0) is 82.6 Å². The normalized spacial score (nSPS) is 24.1. The lowest BCUT2D eigenvalue weighted by atomic mass is 9.99. The van der Waals surface area contributed by atoms with E-state index in [2.05, 4.69) is 48.1 Å². The van der Waals surface area contributed by atoms with Gasteiger partial charge in [-0.15, -0.1) is 0 Å². The van der Waals surface area contributed by atoms with Crippen molar-refractivity contribution in [3.63, 3.8) is 0 Å². The van der Waals surface area contributed by atoms with E-state index in [4.69, 9.17) is 4.42 Å². The van der Waals surface area contributed by atoms with Crippen molar-refractivity contribution in [3.05, 3.63) is 21.0 Å². The van der Waals surface area contributed by atoms with Crippen molar-refractivity contribution in [2.45, 2.75) is 38.3 Å². The molecule has 1 atom stereocenters. The highest BCUT2D eigenvalue weighted by molar-refractivity contribution is 9.13. The predicted octanol–water partition coefficient (Wildman–Crippen LogP) is 3.77. The minimum absolute atomic E-state index is 0.782. The molecule has 1 unspecified atom stereocenters. The fourth-order valence-corrected chi connectivity index (χ4v) is 3.52.